The van der Waals surface area contributed by atoms with E-state index in [1.165, 1.54) is 106 Å². The number of fused-ring (bicyclic) bond motifs is 13. The van der Waals surface area contributed by atoms with Crippen LogP contribution in [0.5, 0.6) is 0 Å². The number of benzene rings is 10. The molecule has 10 aromatic rings. The number of rotatable bonds is 6. The Bertz CT molecular complexity index is 3460. The standard InChI is InChI=1S/C64H45N/c1-63(2)59-40-45(42-18-5-3-6-19-42)34-38-52(59)53-39-37-47(41-60(53)63)65(46-35-32-44(33-36-46)49-23-10-9-22-48(49)43-20-7-4-8-21-43)61-31-17-30-58-62(61)54-26-13-16-29-57(54)64(58)55-27-14-11-24-50(55)51-25-12-15-28-56(51)64/h3-41H,1-2H3. The summed E-state index contributed by atoms with van der Waals surface area (Å²) >= 11 is 0. The van der Waals surface area contributed by atoms with Crippen molar-refractivity contribution in [1.29, 1.82) is 0 Å². The molecule has 0 heterocycles. The monoisotopic (exact) mass is 827 g/mol. The van der Waals surface area contributed by atoms with Crippen LogP contribution in [0.3, 0.4) is 0 Å². The molecule has 0 bridgehead atoms. The highest BCUT2D eigenvalue weighted by atomic mass is 15.1. The van der Waals surface area contributed by atoms with Gasteiger partial charge in [0.1, 0.15) is 0 Å². The molecule has 65 heavy (non-hydrogen) atoms. The lowest BCUT2D eigenvalue weighted by molar-refractivity contribution is 0.660. The summed E-state index contributed by atoms with van der Waals surface area (Å²) in [5, 5.41) is 0. The maximum Gasteiger partial charge on any atom is 0.0726 e. The van der Waals surface area contributed by atoms with Crippen LogP contribution >= 0.6 is 0 Å². The van der Waals surface area contributed by atoms with Crippen molar-refractivity contribution >= 4 is 17.1 Å². The normalized spacial score (nSPS) is 13.9. The van der Waals surface area contributed by atoms with Gasteiger partial charge in [0, 0.05) is 22.4 Å². The van der Waals surface area contributed by atoms with Crippen LogP contribution < -0.4 is 4.90 Å². The van der Waals surface area contributed by atoms with Gasteiger partial charge in [0.2, 0.25) is 0 Å². The van der Waals surface area contributed by atoms with Gasteiger partial charge in [-0.3, -0.25) is 0 Å². The Morgan fingerprint density at radius 2 is 0.708 bits per heavy atom. The molecule has 1 heteroatoms. The molecule has 0 radical (unpaired) electrons. The van der Waals surface area contributed by atoms with Gasteiger partial charge < -0.3 is 4.90 Å². The van der Waals surface area contributed by atoms with Crippen molar-refractivity contribution in [3.05, 3.63) is 270 Å². The van der Waals surface area contributed by atoms with Crippen LogP contribution in [0, 0.1) is 0 Å². The minimum Gasteiger partial charge on any atom is -0.310 e. The zero-order valence-electron chi connectivity index (χ0n) is 36.5. The summed E-state index contributed by atoms with van der Waals surface area (Å²) in [6.45, 7) is 4.80. The van der Waals surface area contributed by atoms with Crippen LogP contribution in [0.15, 0.2) is 237 Å². The minimum atomic E-state index is -0.441. The van der Waals surface area contributed by atoms with E-state index in [4.69, 9.17) is 0 Å². The fourth-order valence-corrected chi connectivity index (χ4v) is 11.8. The van der Waals surface area contributed by atoms with Gasteiger partial charge in [-0.25, -0.2) is 0 Å². The van der Waals surface area contributed by atoms with E-state index in [1.54, 1.807) is 0 Å². The smallest absolute Gasteiger partial charge is 0.0726 e. The van der Waals surface area contributed by atoms with Crippen LogP contribution in [0.4, 0.5) is 17.1 Å². The molecule has 10 aromatic carbocycles. The largest absolute Gasteiger partial charge is 0.310 e. The van der Waals surface area contributed by atoms with Crippen molar-refractivity contribution in [3.8, 4) is 66.8 Å². The number of hydrogen-bond acceptors (Lipinski definition) is 1. The topological polar surface area (TPSA) is 3.24 Å². The average molecular weight is 828 g/mol. The molecule has 0 amide bonds. The maximum atomic E-state index is 2.53. The second-order valence-electron chi connectivity index (χ2n) is 18.4. The third-order valence-electron chi connectivity index (χ3n) is 14.7. The highest BCUT2D eigenvalue weighted by Gasteiger charge is 2.52. The van der Waals surface area contributed by atoms with E-state index >= 15 is 0 Å². The Kier molecular flexibility index (Phi) is 8.24. The number of nitrogens with zero attached hydrogens (tertiary/aromatic N) is 1. The van der Waals surface area contributed by atoms with Gasteiger partial charge in [0.25, 0.3) is 0 Å². The van der Waals surface area contributed by atoms with E-state index in [2.05, 4.69) is 255 Å². The van der Waals surface area contributed by atoms with Crippen molar-refractivity contribution in [3.63, 3.8) is 0 Å². The molecule has 0 saturated carbocycles. The molecule has 0 fully saturated rings. The molecule has 3 aliphatic carbocycles. The van der Waals surface area contributed by atoms with E-state index in [0.29, 0.717) is 0 Å². The summed E-state index contributed by atoms with van der Waals surface area (Å²) in [6.07, 6.45) is 0. The van der Waals surface area contributed by atoms with Crippen LogP contribution in [-0.2, 0) is 10.8 Å². The Balaban J connectivity index is 1.03. The summed E-state index contributed by atoms with van der Waals surface area (Å²) < 4.78 is 0. The predicted molar refractivity (Wildman–Crippen MR) is 271 cm³/mol. The van der Waals surface area contributed by atoms with Crippen LogP contribution in [0.1, 0.15) is 47.2 Å². The van der Waals surface area contributed by atoms with Gasteiger partial charge >= 0.3 is 0 Å². The van der Waals surface area contributed by atoms with Crippen LogP contribution in [0.2, 0.25) is 0 Å². The molecular weight excluding hydrogens is 783 g/mol. The molecule has 13 rings (SSSR count). The molecule has 1 nitrogen and oxygen atoms in total. The molecule has 306 valence electrons. The molecule has 0 saturated heterocycles. The van der Waals surface area contributed by atoms with Crippen LogP contribution in [0.25, 0.3) is 66.8 Å². The van der Waals surface area contributed by atoms with Crippen molar-refractivity contribution in [2.24, 2.45) is 0 Å². The second kappa shape index (κ2) is 14.3. The first-order valence-corrected chi connectivity index (χ1v) is 22.8. The highest BCUT2D eigenvalue weighted by Crippen LogP contribution is 2.65. The Hall–Kier alpha value is -8.00. The summed E-state index contributed by atoms with van der Waals surface area (Å²) in [5.74, 6) is 0. The molecule has 1 spiro atoms. The first kappa shape index (κ1) is 37.5. The van der Waals surface area contributed by atoms with E-state index < -0.39 is 5.41 Å². The summed E-state index contributed by atoms with van der Waals surface area (Å²) in [5.41, 5.74) is 26.0. The molecule has 0 unspecified atom stereocenters. The first-order valence-electron chi connectivity index (χ1n) is 22.8. The molecular formula is C64H45N. The fourth-order valence-electron chi connectivity index (χ4n) is 11.8. The average Bonchev–Trinajstić information content (AvgIpc) is 3.93. The van der Waals surface area contributed by atoms with Crippen molar-refractivity contribution in [2.75, 3.05) is 4.90 Å². The molecule has 0 aliphatic heterocycles. The summed E-state index contributed by atoms with van der Waals surface area (Å²) in [7, 11) is 0. The van der Waals surface area contributed by atoms with E-state index in [0.717, 1.165) is 11.4 Å². The maximum absolute atomic E-state index is 2.53. The SMILES string of the molecule is CC1(C)c2cc(-c3ccccc3)ccc2-c2ccc(N(c3ccc(-c4ccccc4-c4ccccc4)cc3)c3cccc4c3-c3ccccc3C43c4ccccc4-c4ccccc43)cc21. The first-order chi connectivity index (χ1) is 32.0. The molecule has 0 atom stereocenters. The lowest BCUT2D eigenvalue weighted by Gasteiger charge is -2.32. The van der Waals surface area contributed by atoms with Gasteiger partial charge in [-0.05, 0) is 131 Å². The van der Waals surface area contributed by atoms with E-state index in [1.807, 2.05) is 0 Å². The Morgan fingerprint density at radius 1 is 0.277 bits per heavy atom. The molecule has 0 aromatic heterocycles. The zero-order valence-corrected chi connectivity index (χ0v) is 36.5. The minimum absolute atomic E-state index is 0.214. The fraction of sp³-hybridized carbons (Fsp3) is 0.0625. The second-order valence-corrected chi connectivity index (χ2v) is 18.4. The van der Waals surface area contributed by atoms with Gasteiger partial charge in [0.15, 0.2) is 0 Å². The molecule has 3 aliphatic rings. The van der Waals surface area contributed by atoms with Crippen molar-refractivity contribution < 1.29 is 0 Å². The zero-order chi connectivity index (χ0) is 43.3. The van der Waals surface area contributed by atoms with Crippen molar-refractivity contribution in [1.82, 2.24) is 0 Å². The van der Waals surface area contributed by atoms with Crippen molar-refractivity contribution in [2.45, 2.75) is 24.7 Å². The third-order valence-corrected chi connectivity index (χ3v) is 14.7. The van der Waals surface area contributed by atoms with Gasteiger partial charge in [-0.15, -0.1) is 0 Å². The third kappa shape index (κ3) is 5.39. The van der Waals surface area contributed by atoms with Crippen LogP contribution in [-0.4, -0.2) is 0 Å². The molecule has 0 N–H and O–H groups in total. The summed E-state index contributed by atoms with van der Waals surface area (Å²) in [6, 6.07) is 88.1. The van der Waals surface area contributed by atoms with Gasteiger partial charge in [-0.2, -0.15) is 0 Å². The lowest BCUT2D eigenvalue weighted by atomic mass is 9.70. The quantitative estimate of drug-likeness (QED) is 0.161. The highest BCUT2D eigenvalue weighted by molar-refractivity contribution is 6.01. The Labute approximate surface area is 381 Å². The number of hydrogen-bond donors (Lipinski definition) is 0. The summed E-state index contributed by atoms with van der Waals surface area (Å²) in [4.78, 5) is 2.53. The number of anilines is 3. The predicted octanol–water partition coefficient (Wildman–Crippen LogP) is 16.8. The van der Waals surface area contributed by atoms with Gasteiger partial charge in [0.05, 0.1) is 11.1 Å². The Morgan fingerprint density at radius 3 is 1.34 bits per heavy atom. The van der Waals surface area contributed by atoms with E-state index in [-0.39, 0.29) is 5.41 Å². The lowest BCUT2D eigenvalue weighted by Crippen LogP contribution is -2.26. The van der Waals surface area contributed by atoms with Gasteiger partial charge in [-0.1, -0.05) is 214 Å². The van der Waals surface area contributed by atoms with E-state index in [9.17, 15) is 0 Å².